The van der Waals surface area contributed by atoms with Gasteiger partial charge in [-0.25, -0.2) is 0 Å². The maximum absolute atomic E-state index is 12.3. The molecule has 2 fully saturated rings. The third-order valence-electron chi connectivity index (χ3n) is 4.39. The molecule has 0 radical (unpaired) electrons. The van der Waals surface area contributed by atoms with Crippen LogP contribution in [0, 0.1) is 5.92 Å². The first-order valence-electron chi connectivity index (χ1n) is 7.77. The fraction of sp³-hybridized carbons (Fsp3) is 0.667. The number of likely N-dealkylation sites (N-methyl/N-ethyl adjacent to an activating group) is 1. The lowest BCUT2D eigenvalue weighted by Gasteiger charge is -2.16. The van der Waals surface area contributed by atoms with E-state index in [0.29, 0.717) is 30.6 Å². The summed E-state index contributed by atoms with van der Waals surface area (Å²) in [5.74, 6) is 1.34. The second-order valence-corrected chi connectivity index (χ2v) is 6.31. The van der Waals surface area contributed by atoms with Gasteiger partial charge in [0.2, 0.25) is 5.91 Å². The minimum atomic E-state index is -0.200. The van der Waals surface area contributed by atoms with Gasteiger partial charge >= 0.3 is 0 Å². The molecule has 0 spiro atoms. The molecule has 0 unspecified atom stereocenters. The zero-order chi connectivity index (χ0) is 15.7. The van der Waals surface area contributed by atoms with Gasteiger partial charge in [-0.15, -0.1) is 0 Å². The molecule has 1 aliphatic heterocycles. The Morgan fingerprint density at radius 2 is 2.18 bits per heavy atom. The van der Waals surface area contributed by atoms with Crippen LogP contribution < -0.4 is 10.6 Å². The molecule has 7 nitrogen and oxygen atoms in total. The van der Waals surface area contributed by atoms with Crippen LogP contribution in [-0.4, -0.2) is 54.6 Å². The third kappa shape index (κ3) is 3.30. The summed E-state index contributed by atoms with van der Waals surface area (Å²) in [6, 6.07) is 1.77. The van der Waals surface area contributed by atoms with Crippen LogP contribution in [0.1, 0.15) is 41.9 Å². The van der Waals surface area contributed by atoms with Crippen molar-refractivity contribution in [1.82, 2.24) is 20.7 Å². The Hall–Kier alpha value is -1.89. The summed E-state index contributed by atoms with van der Waals surface area (Å²) in [5.41, 5.74) is 0.346. The zero-order valence-corrected chi connectivity index (χ0v) is 13.0. The predicted molar refractivity (Wildman–Crippen MR) is 79.4 cm³/mol. The number of nitrogens with one attached hydrogen (secondary N) is 2. The lowest BCUT2D eigenvalue weighted by atomic mass is 10.1. The van der Waals surface area contributed by atoms with E-state index in [0.717, 1.165) is 25.1 Å². The number of rotatable bonds is 5. The van der Waals surface area contributed by atoms with Crippen molar-refractivity contribution in [3.63, 3.8) is 0 Å². The quantitative estimate of drug-likeness (QED) is 0.819. The van der Waals surface area contributed by atoms with E-state index >= 15 is 0 Å². The number of nitrogens with zero attached hydrogens (tertiary/aromatic N) is 2. The van der Waals surface area contributed by atoms with Gasteiger partial charge in [-0.1, -0.05) is 12.1 Å². The van der Waals surface area contributed by atoms with E-state index in [2.05, 4.69) is 22.7 Å². The smallest absolute Gasteiger partial charge is 0.273 e. The number of carbonyl (C=O) groups is 2. The maximum Gasteiger partial charge on any atom is 0.273 e. The van der Waals surface area contributed by atoms with Gasteiger partial charge in [-0.05, 0) is 18.8 Å². The molecule has 2 atom stereocenters. The van der Waals surface area contributed by atoms with Crippen molar-refractivity contribution < 1.29 is 14.1 Å². The largest absolute Gasteiger partial charge is 0.360 e. The molecule has 1 aromatic rings. The Balaban J connectivity index is 1.55. The van der Waals surface area contributed by atoms with Crippen LogP contribution in [0.25, 0.3) is 0 Å². The van der Waals surface area contributed by atoms with Gasteiger partial charge < -0.3 is 15.2 Å². The van der Waals surface area contributed by atoms with Crippen LogP contribution in [0.5, 0.6) is 0 Å². The van der Waals surface area contributed by atoms with Gasteiger partial charge in [0, 0.05) is 38.2 Å². The standard InChI is InChI=1S/C15H22N4O3/c1-9-6-19(8-14(20)16-2)7-12(9)17-15(21)11-5-13(22-18-11)10-3-4-10/h5,9-10,12H,3-4,6-8H2,1-2H3,(H,16,20)(H,17,21)/t9-,12+/m0/s1. The van der Waals surface area contributed by atoms with Gasteiger partial charge in [0.15, 0.2) is 5.69 Å². The summed E-state index contributed by atoms with van der Waals surface area (Å²) >= 11 is 0. The minimum absolute atomic E-state index is 0.00949. The summed E-state index contributed by atoms with van der Waals surface area (Å²) in [7, 11) is 1.63. The molecule has 1 aromatic heterocycles. The molecule has 0 aromatic carbocycles. The molecule has 1 saturated carbocycles. The van der Waals surface area contributed by atoms with E-state index in [1.54, 1.807) is 13.1 Å². The van der Waals surface area contributed by atoms with E-state index in [-0.39, 0.29) is 17.9 Å². The van der Waals surface area contributed by atoms with Crippen LogP contribution in [0.2, 0.25) is 0 Å². The number of carbonyl (C=O) groups excluding carboxylic acids is 2. The number of aromatic nitrogens is 1. The van der Waals surface area contributed by atoms with Gasteiger partial charge in [0.1, 0.15) is 5.76 Å². The summed E-state index contributed by atoms with van der Waals surface area (Å²) in [4.78, 5) is 25.7. The van der Waals surface area contributed by atoms with Crippen molar-refractivity contribution >= 4 is 11.8 Å². The molecule has 0 bridgehead atoms. The number of hydrogen-bond acceptors (Lipinski definition) is 5. The Kier molecular flexibility index (Phi) is 4.15. The van der Waals surface area contributed by atoms with Gasteiger partial charge in [0.25, 0.3) is 5.91 Å². The van der Waals surface area contributed by atoms with Crippen molar-refractivity contribution in [3.05, 3.63) is 17.5 Å². The molecular formula is C15H22N4O3. The Labute approximate surface area is 129 Å². The molecule has 2 amide bonds. The molecule has 7 heteroatoms. The molecule has 2 N–H and O–H groups in total. The summed E-state index contributed by atoms with van der Waals surface area (Å²) in [5, 5.41) is 9.48. The lowest BCUT2D eigenvalue weighted by molar-refractivity contribution is -0.121. The highest BCUT2D eigenvalue weighted by molar-refractivity contribution is 5.92. The van der Waals surface area contributed by atoms with Crippen molar-refractivity contribution in [2.45, 2.75) is 31.7 Å². The molecule has 1 saturated heterocycles. The molecule has 1 aliphatic carbocycles. The first-order valence-corrected chi connectivity index (χ1v) is 7.77. The first-order chi connectivity index (χ1) is 10.6. The number of amides is 2. The fourth-order valence-electron chi connectivity index (χ4n) is 2.87. The van der Waals surface area contributed by atoms with Crippen LogP contribution in [0.15, 0.2) is 10.6 Å². The SMILES string of the molecule is CNC(=O)CN1C[C@H](C)[C@H](NC(=O)c2cc(C3CC3)on2)C1. The van der Waals surface area contributed by atoms with Crippen LogP contribution in [0.3, 0.4) is 0 Å². The zero-order valence-electron chi connectivity index (χ0n) is 13.0. The van der Waals surface area contributed by atoms with Gasteiger partial charge in [0.05, 0.1) is 6.54 Å². The first kappa shape index (κ1) is 15.0. The monoisotopic (exact) mass is 306 g/mol. The third-order valence-corrected chi connectivity index (χ3v) is 4.39. The topological polar surface area (TPSA) is 87.5 Å². The summed E-state index contributed by atoms with van der Waals surface area (Å²) < 4.78 is 5.22. The van der Waals surface area contributed by atoms with Gasteiger partial charge in [-0.2, -0.15) is 0 Å². The summed E-state index contributed by atoms with van der Waals surface area (Å²) in [6.45, 7) is 3.91. The highest BCUT2D eigenvalue weighted by Crippen LogP contribution is 2.40. The molecule has 22 heavy (non-hydrogen) atoms. The second kappa shape index (κ2) is 6.08. The van der Waals surface area contributed by atoms with Crippen molar-refractivity contribution in [2.24, 2.45) is 5.92 Å². The molecule has 120 valence electrons. The van der Waals surface area contributed by atoms with Crippen molar-refractivity contribution in [2.75, 3.05) is 26.7 Å². The summed E-state index contributed by atoms with van der Waals surface area (Å²) in [6.07, 6.45) is 2.23. The van der Waals surface area contributed by atoms with Crippen LogP contribution >= 0.6 is 0 Å². The van der Waals surface area contributed by atoms with Crippen LogP contribution in [0.4, 0.5) is 0 Å². The molecule has 2 aliphatic rings. The van der Waals surface area contributed by atoms with E-state index in [1.165, 1.54) is 0 Å². The molecule has 3 rings (SSSR count). The lowest BCUT2D eigenvalue weighted by Crippen LogP contribution is -2.41. The van der Waals surface area contributed by atoms with Crippen LogP contribution in [-0.2, 0) is 4.79 Å². The number of likely N-dealkylation sites (tertiary alicyclic amines) is 1. The van der Waals surface area contributed by atoms with E-state index in [1.807, 2.05) is 4.90 Å². The highest BCUT2D eigenvalue weighted by Gasteiger charge is 2.33. The van der Waals surface area contributed by atoms with Crippen molar-refractivity contribution in [1.29, 1.82) is 0 Å². The Morgan fingerprint density at radius 3 is 2.86 bits per heavy atom. The predicted octanol–water partition coefficient (Wildman–Crippen LogP) is 0.348. The molecular weight excluding hydrogens is 284 g/mol. The van der Waals surface area contributed by atoms with Crippen molar-refractivity contribution in [3.8, 4) is 0 Å². The van der Waals surface area contributed by atoms with Gasteiger partial charge in [-0.3, -0.25) is 14.5 Å². The molecule has 2 heterocycles. The van der Waals surface area contributed by atoms with E-state index in [9.17, 15) is 9.59 Å². The second-order valence-electron chi connectivity index (χ2n) is 6.31. The Bertz CT molecular complexity index is 567. The average Bonchev–Trinajstić information content (AvgIpc) is 3.12. The minimum Gasteiger partial charge on any atom is -0.360 e. The van der Waals surface area contributed by atoms with E-state index < -0.39 is 0 Å². The fourth-order valence-corrected chi connectivity index (χ4v) is 2.87. The maximum atomic E-state index is 12.3. The normalized spacial score (nSPS) is 25.2. The van der Waals surface area contributed by atoms with E-state index in [4.69, 9.17) is 4.52 Å². The Morgan fingerprint density at radius 1 is 1.41 bits per heavy atom. The average molecular weight is 306 g/mol. The highest BCUT2D eigenvalue weighted by atomic mass is 16.5. The number of hydrogen-bond donors (Lipinski definition) is 2.